The van der Waals surface area contributed by atoms with Crippen molar-refractivity contribution in [2.45, 2.75) is 85.0 Å². The van der Waals surface area contributed by atoms with E-state index in [0.29, 0.717) is 39.1 Å². The lowest BCUT2D eigenvalue weighted by Crippen LogP contribution is -2.41. The van der Waals surface area contributed by atoms with Gasteiger partial charge in [0.15, 0.2) is 5.43 Å². The average molecular weight is 608 g/mol. The summed E-state index contributed by atoms with van der Waals surface area (Å²) in [6, 6.07) is 13.3. The quantitative estimate of drug-likeness (QED) is 0.182. The van der Waals surface area contributed by atoms with Crippen molar-refractivity contribution in [1.29, 1.82) is 0 Å². The van der Waals surface area contributed by atoms with E-state index in [2.05, 4.69) is 23.2 Å². The van der Waals surface area contributed by atoms with Crippen LogP contribution in [-0.2, 0) is 9.31 Å². The molecule has 0 radical (unpaired) electrons. The highest BCUT2D eigenvalue weighted by Crippen LogP contribution is 2.38. The summed E-state index contributed by atoms with van der Waals surface area (Å²) in [5.74, 6) is 0.676. The molecule has 0 spiro atoms. The Bertz CT molecular complexity index is 1810. The second-order valence-electron chi connectivity index (χ2n) is 13.5. The molecule has 6 rings (SSSR count). The molecule has 2 aromatic heterocycles. The van der Waals surface area contributed by atoms with Crippen LogP contribution in [0.4, 0.5) is 11.6 Å². The molecule has 4 aromatic rings. The Morgan fingerprint density at radius 2 is 1.71 bits per heavy atom. The molecule has 8 nitrogen and oxygen atoms in total. The fraction of sp³-hybridized carbons (Fsp3) is 0.417. The Morgan fingerprint density at radius 1 is 1.00 bits per heavy atom. The van der Waals surface area contributed by atoms with Crippen molar-refractivity contribution >= 4 is 41.4 Å². The van der Waals surface area contributed by atoms with Crippen molar-refractivity contribution in [2.24, 2.45) is 0 Å². The van der Waals surface area contributed by atoms with Gasteiger partial charge < -0.3 is 23.9 Å². The molecular weight excluding hydrogens is 565 g/mol. The molecule has 45 heavy (non-hydrogen) atoms. The molecule has 0 saturated carbocycles. The molecule has 1 atom stereocenters. The Hall–Kier alpha value is -3.95. The van der Waals surface area contributed by atoms with E-state index in [0.717, 1.165) is 54.6 Å². The fourth-order valence-electron chi connectivity index (χ4n) is 6.35. The number of fused-ring (bicyclic) bond motifs is 1. The van der Waals surface area contributed by atoms with Crippen LogP contribution >= 0.6 is 0 Å². The third-order valence-corrected chi connectivity index (χ3v) is 9.65. The number of aromatic nitrogens is 1. The van der Waals surface area contributed by atoms with Crippen LogP contribution < -0.4 is 21.1 Å². The van der Waals surface area contributed by atoms with E-state index < -0.39 is 18.3 Å². The number of rotatable bonds is 7. The minimum atomic E-state index is -0.645. The number of benzene rings is 2. The van der Waals surface area contributed by atoms with Gasteiger partial charge in [0, 0.05) is 36.0 Å². The van der Waals surface area contributed by atoms with E-state index in [1.807, 2.05) is 77.9 Å². The molecule has 0 bridgehead atoms. The maximum atomic E-state index is 13.6. The fourth-order valence-corrected chi connectivity index (χ4v) is 6.35. The van der Waals surface area contributed by atoms with Crippen LogP contribution in [0.25, 0.3) is 22.2 Å². The van der Waals surface area contributed by atoms with Crippen molar-refractivity contribution < 1.29 is 18.5 Å². The van der Waals surface area contributed by atoms with Gasteiger partial charge in [0.05, 0.1) is 39.6 Å². The van der Waals surface area contributed by atoms with Crippen molar-refractivity contribution in [1.82, 2.24) is 4.98 Å². The molecule has 234 valence electrons. The van der Waals surface area contributed by atoms with E-state index >= 15 is 0 Å². The van der Waals surface area contributed by atoms with E-state index in [9.17, 15) is 9.59 Å². The summed E-state index contributed by atoms with van der Waals surface area (Å²) < 4.78 is 19.1. The van der Waals surface area contributed by atoms with Crippen LogP contribution in [0.2, 0.25) is 0 Å². The Kier molecular flexibility index (Phi) is 8.12. The monoisotopic (exact) mass is 607 g/mol. The summed E-state index contributed by atoms with van der Waals surface area (Å²) in [7, 11) is -0.645. The SMILES string of the molecule is Cc1cc(C(C)Nc2cccnc2-c2ccc(B3OC(C)(C)C(C)(C)O3)c(C=O)c2)c2oc(N3CCCCC3)c(C)c(=O)c2c1. The van der Waals surface area contributed by atoms with E-state index in [-0.39, 0.29) is 11.5 Å². The predicted octanol–water partition coefficient (Wildman–Crippen LogP) is 6.75. The Morgan fingerprint density at radius 3 is 2.40 bits per heavy atom. The topological polar surface area (TPSA) is 93.9 Å². The lowest BCUT2D eigenvalue weighted by atomic mass is 9.75. The van der Waals surface area contributed by atoms with Crippen LogP contribution in [0.5, 0.6) is 0 Å². The van der Waals surface area contributed by atoms with Gasteiger partial charge in [-0.15, -0.1) is 0 Å². The third kappa shape index (κ3) is 5.68. The number of hydrogen-bond acceptors (Lipinski definition) is 8. The molecule has 1 N–H and O–H groups in total. The summed E-state index contributed by atoms with van der Waals surface area (Å²) in [6.45, 7) is 15.7. The van der Waals surface area contributed by atoms with E-state index in [1.165, 1.54) is 6.42 Å². The van der Waals surface area contributed by atoms with Crippen molar-refractivity contribution in [2.75, 3.05) is 23.3 Å². The lowest BCUT2D eigenvalue weighted by molar-refractivity contribution is 0.00578. The largest absolute Gasteiger partial charge is 0.495 e. The number of anilines is 2. The second kappa shape index (κ2) is 11.8. The van der Waals surface area contributed by atoms with Gasteiger partial charge in [0.2, 0.25) is 5.88 Å². The third-order valence-electron chi connectivity index (χ3n) is 9.65. The minimum Gasteiger partial charge on any atom is -0.440 e. The van der Waals surface area contributed by atoms with Gasteiger partial charge in [-0.3, -0.25) is 14.6 Å². The van der Waals surface area contributed by atoms with Crippen molar-refractivity contribution in [3.05, 3.63) is 81.1 Å². The molecular formula is C36H42BN3O5. The highest BCUT2D eigenvalue weighted by molar-refractivity contribution is 6.63. The molecule has 1 unspecified atom stereocenters. The summed E-state index contributed by atoms with van der Waals surface area (Å²) in [5, 5.41) is 4.23. The minimum absolute atomic E-state index is 0.0134. The van der Waals surface area contributed by atoms with Gasteiger partial charge in [-0.2, -0.15) is 0 Å². The molecule has 2 fully saturated rings. The first kappa shape index (κ1) is 31.1. The summed E-state index contributed by atoms with van der Waals surface area (Å²) in [5.41, 5.74) is 5.60. The smallest absolute Gasteiger partial charge is 0.440 e. The standard InChI is InChI=1S/C36H42BN3O5/c1-22-18-27(33-28(19-22)32(42)23(2)34(43-33)40-16-9-8-10-17-40)24(3)39-30-12-11-15-38-31(30)25-13-14-29(26(20-25)21-41)37-44-35(4,5)36(6,7)45-37/h11-15,18-21,24,39H,8-10,16-17H2,1-7H3. The van der Waals surface area contributed by atoms with E-state index in [4.69, 9.17) is 18.7 Å². The molecule has 0 amide bonds. The second-order valence-corrected chi connectivity index (χ2v) is 13.5. The number of nitrogens with one attached hydrogen (secondary N) is 1. The lowest BCUT2D eigenvalue weighted by Gasteiger charge is -2.32. The zero-order chi connectivity index (χ0) is 32.1. The maximum absolute atomic E-state index is 13.6. The first-order valence-corrected chi connectivity index (χ1v) is 15.9. The number of carbonyl (C=O) groups is 1. The molecule has 2 aliphatic rings. The Balaban J connectivity index is 1.35. The highest BCUT2D eigenvalue weighted by atomic mass is 16.7. The molecule has 2 saturated heterocycles. The highest BCUT2D eigenvalue weighted by Gasteiger charge is 2.52. The number of carbonyl (C=O) groups excluding carboxylic acids is 1. The number of nitrogens with zero attached hydrogens (tertiary/aromatic N) is 2. The molecule has 9 heteroatoms. The van der Waals surface area contributed by atoms with Gasteiger partial charge in [0.1, 0.15) is 11.9 Å². The normalized spacial score (nSPS) is 18.3. The average Bonchev–Trinajstić information content (AvgIpc) is 3.25. The molecule has 0 aliphatic carbocycles. The van der Waals surface area contributed by atoms with Crippen LogP contribution in [0.15, 0.2) is 57.9 Å². The maximum Gasteiger partial charge on any atom is 0.495 e. The Labute approximate surface area is 265 Å². The molecule has 2 aromatic carbocycles. The van der Waals surface area contributed by atoms with Crippen LogP contribution in [-0.4, -0.2) is 42.7 Å². The number of pyridine rings is 1. The summed E-state index contributed by atoms with van der Waals surface area (Å²) in [4.78, 5) is 32.8. The number of hydrogen-bond donors (Lipinski definition) is 1. The summed E-state index contributed by atoms with van der Waals surface area (Å²) in [6.07, 6.45) is 5.95. The van der Waals surface area contributed by atoms with Crippen LogP contribution in [0.3, 0.4) is 0 Å². The van der Waals surface area contributed by atoms with Gasteiger partial charge in [-0.05, 0) is 103 Å². The van der Waals surface area contributed by atoms with Crippen LogP contribution in [0, 0.1) is 13.8 Å². The van der Waals surface area contributed by atoms with Gasteiger partial charge in [-0.25, -0.2) is 0 Å². The zero-order valence-electron chi connectivity index (χ0n) is 27.3. The number of aldehydes is 1. The predicted molar refractivity (Wildman–Crippen MR) is 181 cm³/mol. The van der Waals surface area contributed by atoms with Crippen molar-refractivity contribution in [3.63, 3.8) is 0 Å². The van der Waals surface area contributed by atoms with Gasteiger partial charge >= 0.3 is 7.12 Å². The summed E-state index contributed by atoms with van der Waals surface area (Å²) >= 11 is 0. The van der Waals surface area contributed by atoms with E-state index in [1.54, 1.807) is 6.20 Å². The first-order valence-electron chi connectivity index (χ1n) is 15.9. The van der Waals surface area contributed by atoms with Crippen LogP contribution in [0.1, 0.15) is 87.0 Å². The molecule has 2 aliphatic heterocycles. The number of piperidine rings is 1. The van der Waals surface area contributed by atoms with Crippen molar-refractivity contribution in [3.8, 4) is 11.3 Å². The zero-order valence-corrected chi connectivity index (χ0v) is 27.3. The molecule has 4 heterocycles. The van der Waals surface area contributed by atoms with Gasteiger partial charge in [0.25, 0.3) is 0 Å². The first-order chi connectivity index (χ1) is 21.4. The number of aryl methyl sites for hydroxylation is 1. The van der Waals surface area contributed by atoms with Gasteiger partial charge in [-0.1, -0.05) is 18.2 Å².